The van der Waals surface area contributed by atoms with Gasteiger partial charge in [0.05, 0.1) is 11.6 Å². The van der Waals surface area contributed by atoms with Gasteiger partial charge in [-0.15, -0.1) is 0 Å². The summed E-state index contributed by atoms with van der Waals surface area (Å²) in [6, 6.07) is 13.4. The molecular weight excluding hydrogens is 333 g/mol. The van der Waals surface area contributed by atoms with E-state index in [2.05, 4.69) is 21.2 Å². The number of halogens is 2. The van der Waals surface area contributed by atoms with Crippen LogP contribution >= 0.6 is 15.9 Å². The van der Waals surface area contributed by atoms with Gasteiger partial charge in [-0.3, -0.25) is 4.79 Å². The average molecular weight is 350 g/mol. The predicted octanol–water partition coefficient (Wildman–Crippen LogP) is 4.72. The molecule has 1 N–H and O–H groups in total. The second-order valence-corrected chi connectivity index (χ2v) is 6.08. The van der Waals surface area contributed by atoms with E-state index >= 15 is 0 Å². The van der Waals surface area contributed by atoms with Crippen LogP contribution in [0.25, 0.3) is 0 Å². The number of benzene rings is 2. The van der Waals surface area contributed by atoms with Gasteiger partial charge in [0.25, 0.3) is 5.91 Å². The molecular formula is C17H17BrFNO. The highest BCUT2D eigenvalue weighted by Gasteiger charge is 2.20. The zero-order valence-corrected chi connectivity index (χ0v) is 13.5. The summed E-state index contributed by atoms with van der Waals surface area (Å²) in [5.41, 5.74) is 1.48. The number of hydrogen-bond acceptors (Lipinski definition) is 1. The molecule has 0 aromatic heterocycles. The van der Waals surface area contributed by atoms with Gasteiger partial charge in [-0.1, -0.05) is 38.1 Å². The average Bonchev–Trinajstić information content (AvgIpc) is 2.46. The lowest BCUT2D eigenvalue weighted by Gasteiger charge is -2.23. The summed E-state index contributed by atoms with van der Waals surface area (Å²) >= 11 is 3.38. The van der Waals surface area contributed by atoms with E-state index in [0.717, 1.165) is 10.0 Å². The molecule has 0 saturated carbocycles. The van der Waals surface area contributed by atoms with E-state index in [1.54, 1.807) is 18.2 Å². The Morgan fingerprint density at radius 1 is 1.10 bits per heavy atom. The zero-order chi connectivity index (χ0) is 15.4. The number of hydrogen-bond donors (Lipinski definition) is 1. The zero-order valence-electron chi connectivity index (χ0n) is 11.9. The Morgan fingerprint density at radius 3 is 2.29 bits per heavy atom. The summed E-state index contributed by atoms with van der Waals surface area (Å²) in [5, 5.41) is 3.02. The maximum absolute atomic E-state index is 13.0. The Hall–Kier alpha value is -1.68. The fraction of sp³-hybridized carbons (Fsp3) is 0.235. The minimum absolute atomic E-state index is 0.148. The van der Waals surface area contributed by atoms with Crippen molar-refractivity contribution in [2.24, 2.45) is 5.92 Å². The lowest BCUT2D eigenvalue weighted by Crippen LogP contribution is -2.32. The highest BCUT2D eigenvalue weighted by Crippen LogP contribution is 2.24. The fourth-order valence-electron chi connectivity index (χ4n) is 2.17. The quantitative estimate of drug-likeness (QED) is 0.850. The van der Waals surface area contributed by atoms with Crippen LogP contribution in [0, 0.1) is 11.7 Å². The Balaban J connectivity index is 2.23. The Kier molecular flexibility index (Phi) is 5.12. The molecule has 2 nitrogen and oxygen atoms in total. The Bertz CT molecular complexity index is 625. The Labute approximate surface area is 132 Å². The van der Waals surface area contributed by atoms with Crippen LogP contribution in [0.15, 0.2) is 53.0 Å². The molecule has 0 bridgehead atoms. The molecule has 1 amide bonds. The first kappa shape index (κ1) is 15.7. The van der Waals surface area contributed by atoms with Crippen LogP contribution in [0.3, 0.4) is 0 Å². The molecule has 110 valence electrons. The maximum atomic E-state index is 13.0. The van der Waals surface area contributed by atoms with Gasteiger partial charge in [0.2, 0.25) is 0 Å². The lowest BCUT2D eigenvalue weighted by molar-refractivity contribution is 0.0925. The summed E-state index contributed by atoms with van der Waals surface area (Å²) in [6.45, 7) is 4.04. The minimum Gasteiger partial charge on any atom is -0.345 e. The highest BCUT2D eigenvalue weighted by atomic mass is 79.9. The summed E-state index contributed by atoms with van der Waals surface area (Å²) in [6.07, 6.45) is 0. The summed E-state index contributed by atoms with van der Waals surface area (Å²) in [5.74, 6) is -0.231. The molecule has 0 aliphatic rings. The van der Waals surface area contributed by atoms with Gasteiger partial charge in [0, 0.05) is 4.47 Å². The van der Waals surface area contributed by atoms with E-state index < -0.39 is 0 Å². The van der Waals surface area contributed by atoms with E-state index in [-0.39, 0.29) is 23.7 Å². The highest BCUT2D eigenvalue weighted by molar-refractivity contribution is 9.10. The molecule has 0 radical (unpaired) electrons. The van der Waals surface area contributed by atoms with Gasteiger partial charge < -0.3 is 5.32 Å². The summed E-state index contributed by atoms with van der Waals surface area (Å²) in [7, 11) is 0. The predicted molar refractivity (Wildman–Crippen MR) is 85.6 cm³/mol. The molecule has 0 aliphatic heterocycles. The van der Waals surface area contributed by atoms with Crippen LogP contribution in [0.2, 0.25) is 0 Å². The van der Waals surface area contributed by atoms with Gasteiger partial charge in [-0.2, -0.15) is 0 Å². The number of carbonyl (C=O) groups is 1. The third-order valence-corrected chi connectivity index (χ3v) is 3.99. The van der Waals surface area contributed by atoms with Gasteiger partial charge in [0.1, 0.15) is 5.82 Å². The van der Waals surface area contributed by atoms with Gasteiger partial charge in [-0.25, -0.2) is 4.39 Å². The van der Waals surface area contributed by atoms with Crippen molar-refractivity contribution in [1.29, 1.82) is 0 Å². The van der Waals surface area contributed by atoms with Crippen LogP contribution in [-0.2, 0) is 0 Å². The first-order valence-electron chi connectivity index (χ1n) is 6.80. The van der Waals surface area contributed by atoms with Crippen molar-refractivity contribution < 1.29 is 9.18 Å². The second-order valence-electron chi connectivity index (χ2n) is 5.23. The molecule has 0 aliphatic carbocycles. The molecule has 2 rings (SSSR count). The van der Waals surface area contributed by atoms with E-state index in [4.69, 9.17) is 0 Å². The largest absolute Gasteiger partial charge is 0.345 e. The molecule has 0 saturated heterocycles. The van der Waals surface area contributed by atoms with Crippen LogP contribution < -0.4 is 5.32 Å². The number of nitrogens with one attached hydrogen (secondary N) is 1. The first-order chi connectivity index (χ1) is 9.99. The number of rotatable bonds is 4. The molecule has 0 heterocycles. The van der Waals surface area contributed by atoms with E-state index in [1.807, 2.05) is 32.0 Å². The number of amides is 1. The molecule has 0 fully saturated rings. The van der Waals surface area contributed by atoms with Crippen molar-refractivity contribution in [3.63, 3.8) is 0 Å². The SMILES string of the molecule is CC(C)C(NC(=O)c1ccccc1Br)c1ccc(F)cc1. The normalized spacial score (nSPS) is 12.2. The molecule has 1 atom stereocenters. The van der Waals surface area contributed by atoms with E-state index in [9.17, 15) is 9.18 Å². The van der Waals surface area contributed by atoms with Gasteiger partial charge in [0.15, 0.2) is 0 Å². The Morgan fingerprint density at radius 2 is 1.71 bits per heavy atom. The summed E-state index contributed by atoms with van der Waals surface area (Å²) in [4.78, 5) is 12.4. The van der Waals surface area contributed by atoms with Crippen molar-refractivity contribution in [3.05, 3.63) is 69.9 Å². The molecule has 4 heteroatoms. The van der Waals surface area contributed by atoms with E-state index in [1.165, 1.54) is 12.1 Å². The third kappa shape index (κ3) is 3.91. The smallest absolute Gasteiger partial charge is 0.252 e. The van der Waals surface area contributed by atoms with E-state index in [0.29, 0.717) is 5.56 Å². The summed E-state index contributed by atoms with van der Waals surface area (Å²) < 4.78 is 13.8. The fourth-order valence-corrected chi connectivity index (χ4v) is 2.63. The van der Waals surface area contributed by atoms with Crippen molar-refractivity contribution >= 4 is 21.8 Å². The van der Waals surface area contributed by atoms with Gasteiger partial charge >= 0.3 is 0 Å². The van der Waals surface area contributed by atoms with Crippen LogP contribution in [0.4, 0.5) is 4.39 Å². The first-order valence-corrected chi connectivity index (χ1v) is 7.59. The minimum atomic E-state index is -0.279. The molecule has 21 heavy (non-hydrogen) atoms. The molecule has 2 aromatic carbocycles. The molecule has 0 spiro atoms. The van der Waals surface area contributed by atoms with Crippen LogP contribution in [0.1, 0.15) is 35.8 Å². The van der Waals surface area contributed by atoms with Crippen molar-refractivity contribution in [2.45, 2.75) is 19.9 Å². The lowest BCUT2D eigenvalue weighted by atomic mass is 9.95. The van der Waals surface area contributed by atoms with Crippen molar-refractivity contribution in [3.8, 4) is 0 Å². The van der Waals surface area contributed by atoms with Crippen molar-refractivity contribution in [1.82, 2.24) is 5.32 Å². The molecule has 2 aromatic rings. The van der Waals surface area contributed by atoms with Gasteiger partial charge in [-0.05, 0) is 51.7 Å². The third-order valence-electron chi connectivity index (χ3n) is 3.30. The topological polar surface area (TPSA) is 29.1 Å². The van der Waals surface area contributed by atoms with Crippen LogP contribution in [0.5, 0.6) is 0 Å². The monoisotopic (exact) mass is 349 g/mol. The maximum Gasteiger partial charge on any atom is 0.252 e. The standard InChI is InChI=1S/C17H17BrFNO/c1-11(2)16(12-7-9-13(19)10-8-12)20-17(21)14-5-3-4-6-15(14)18/h3-11,16H,1-2H3,(H,20,21). The van der Waals surface area contributed by atoms with Crippen molar-refractivity contribution in [2.75, 3.05) is 0 Å². The number of carbonyl (C=O) groups excluding carboxylic acids is 1. The molecule has 1 unspecified atom stereocenters. The second kappa shape index (κ2) is 6.85. The van der Waals surface area contributed by atoms with Crippen LogP contribution in [-0.4, -0.2) is 5.91 Å².